The molecular formula is C22H16B2. The molecule has 0 atom stereocenters. The molecule has 0 fully saturated rings. The van der Waals surface area contributed by atoms with Crippen LogP contribution in [-0.2, 0) is 0 Å². The van der Waals surface area contributed by atoms with Crippen molar-refractivity contribution in [1.82, 2.24) is 0 Å². The average Bonchev–Trinajstić information content (AvgIpc) is 2.62. The van der Waals surface area contributed by atoms with Gasteiger partial charge in [-0.15, -0.1) is 0 Å². The van der Waals surface area contributed by atoms with Crippen LogP contribution in [-0.4, -0.2) is 15.7 Å². The first-order valence-electron chi connectivity index (χ1n) is 7.96. The normalized spacial score (nSPS) is 9.33. The maximum absolute atomic E-state index is 3.19. The van der Waals surface area contributed by atoms with E-state index in [1.54, 1.807) is 0 Å². The van der Waals surface area contributed by atoms with E-state index in [0.717, 1.165) is 22.3 Å². The molecule has 0 N–H and O–H groups in total. The molecule has 2 heteroatoms. The van der Waals surface area contributed by atoms with Gasteiger partial charge in [-0.1, -0.05) is 58.9 Å². The predicted molar refractivity (Wildman–Crippen MR) is 108 cm³/mol. The lowest BCUT2D eigenvalue weighted by atomic mass is 9.95. The van der Waals surface area contributed by atoms with Crippen molar-refractivity contribution < 1.29 is 0 Å². The number of benzene rings is 3. The van der Waals surface area contributed by atoms with Crippen molar-refractivity contribution in [3.05, 3.63) is 95.1 Å². The second-order valence-corrected chi connectivity index (χ2v) is 5.81. The molecule has 0 aliphatic heterocycles. The van der Waals surface area contributed by atoms with Gasteiger partial charge >= 0.3 is 0 Å². The highest BCUT2D eigenvalue weighted by molar-refractivity contribution is 6.32. The molecule has 0 nitrogen and oxygen atoms in total. The summed E-state index contributed by atoms with van der Waals surface area (Å²) < 4.78 is 0. The lowest BCUT2D eigenvalue weighted by molar-refractivity contribution is 1.59. The quantitative estimate of drug-likeness (QED) is 0.429. The molecule has 3 aromatic carbocycles. The molecule has 0 unspecified atom stereocenters. The molecule has 0 aliphatic rings. The van der Waals surface area contributed by atoms with Crippen LogP contribution in [0, 0.1) is 23.7 Å². The third-order valence-corrected chi connectivity index (χ3v) is 3.69. The zero-order valence-electron chi connectivity index (χ0n) is 13.9. The van der Waals surface area contributed by atoms with Crippen LogP contribution in [0.4, 0.5) is 0 Å². The third kappa shape index (κ3) is 4.45. The number of rotatable bonds is 0. The van der Waals surface area contributed by atoms with E-state index in [9.17, 15) is 0 Å². The summed E-state index contributed by atoms with van der Waals surface area (Å²) in [5, 5.41) is 0. The standard InChI is InChI=1S/C22H16B2/c23-21-13-9-19(10-14-21)7-5-17-1-2-18(4-3-17)6-8-20-11-15-22(24)16-12-20/h1-4,9-16H,23-24H2. The topological polar surface area (TPSA) is 0 Å². The van der Waals surface area contributed by atoms with E-state index in [-0.39, 0.29) is 0 Å². The van der Waals surface area contributed by atoms with Crippen molar-refractivity contribution in [1.29, 1.82) is 0 Å². The molecule has 0 amide bonds. The molecule has 0 saturated carbocycles. The summed E-state index contributed by atoms with van der Waals surface area (Å²) in [6.07, 6.45) is 0. The fourth-order valence-electron chi connectivity index (χ4n) is 2.20. The predicted octanol–water partition coefficient (Wildman–Crippen LogP) is 1.00. The van der Waals surface area contributed by atoms with Crippen LogP contribution in [0.1, 0.15) is 22.3 Å². The lowest BCUT2D eigenvalue weighted by Crippen LogP contribution is -1.99. The highest BCUT2D eigenvalue weighted by Gasteiger charge is 1.91. The van der Waals surface area contributed by atoms with Gasteiger partial charge in [0, 0.05) is 22.3 Å². The molecule has 0 heterocycles. The molecular weight excluding hydrogens is 286 g/mol. The molecule has 0 saturated heterocycles. The minimum Gasteiger partial charge on any atom is -0.0889 e. The summed E-state index contributed by atoms with van der Waals surface area (Å²) in [6.45, 7) is 0. The van der Waals surface area contributed by atoms with Gasteiger partial charge in [-0.3, -0.25) is 0 Å². The maximum Gasteiger partial charge on any atom is 0.139 e. The fourth-order valence-corrected chi connectivity index (χ4v) is 2.20. The first-order valence-corrected chi connectivity index (χ1v) is 7.96. The Bertz CT molecular complexity index is 861. The number of hydrogen-bond acceptors (Lipinski definition) is 0. The SMILES string of the molecule is Bc1ccc(C#Cc2ccc(C#Cc3ccc(B)cc3)cc2)cc1. The van der Waals surface area contributed by atoms with E-state index in [1.165, 1.54) is 10.9 Å². The Morgan fingerprint density at radius 2 is 0.583 bits per heavy atom. The molecule has 0 bridgehead atoms. The van der Waals surface area contributed by atoms with E-state index in [0.29, 0.717) is 0 Å². The van der Waals surface area contributed by atoms with E-state index < -0.39 is 0 Å². The van der Waals surface area contributed by atoms with Crippen molar-refractivity contribution in [2.24, 2.45) is 0 Å². The summed E-state index contributed by atoms with van der Waals surface area (Å²) in [7, 11) is 4.15. The minimum atomic E-state index is 0.997. The Kier molecular flexibility index (Phi) is 4.90. The summed E-state index contributed by atoms with van der Waals surface area (Å²) >= 11 is 0. The van der Waals surface area contributed by atoms with E-state index in [1.807, 2.05) is 48.5 Å². The van der Waals surface area contributed by atoms with E-state index in [2.05, 4.69) is 63.6 Å². The zero-order valence-corrected chi connectivity index (χ0v) is 13.9. The van der Waals surface area contributed by atoms with Gasteiger partial charge in [0.25, 0.3) is 0 Å². The Hall–Kier alpha value is -3.09. The van der Waals surface area contributed by atoms with Crippen molar-refractivity contribution in [3.8, 4) is 23.7 Å². The zero-order chi connectivity index (χ0) is 16.8. The summed E-state index contributed by atoms with van der Waals surface area (Å²) in [5.41, 5.74) is 6.55. The average molecular weight is 302 g/mol. The van der Waals surface area contributed by atoms with Gasteiger partial charge < -0.3 is 0 Å². The summed E-state index contributed by atoms with van der Waals surface area (Å²) in [4.78, 5) is 0. The molecule has 0 aliphatic carbocycles. The van der Waals surface area contributed by atoms with E-state index >= 15 is 0 Å². The van der Waals surface area contributed by atoms with Crippen LogP contribution >= 0.6 is 0 Å². The molecule has 24 heavy (non-hydrogen) atoms. The molecule has 3 rings (SSSR count). The summed E-state index contributed by atoms with van der Waals surface area (Å²) in [6, 6.07) is 24.5. The van der Waals surface area contributed by atoms with Crippen molar-refractivity contribution in [3.63, 3.8) is 0 Å². The third-order valence-electron chi connectivity index (χ3n) is 3.69. The highest BCUT2D eigenvalue weighted by atomic mass is 13.9. The van der Waals surface area contributed by atoms with Crippen LogP contribution in [0.15, 0.2) is 72.8 Å². The second kappa shape index (κ2) is 7.45. The second-order valence-electron chi connectivity index (χ2n) is 5.81. The van der Waals surface area contributed by atoms with Gasteiger partial charge in [-0.25, -0.2) is 0 Å². The van der Waals surface area contributed by atoms with Crippen LogP contribution in [0.25, 0.3) is 0 Å². The number of hydrogen-bond donors (Lipinski definition) is 0. The van der Waals surface area contributed by atoms with Crippen molar-refractivity contribution in [2.75, 3.05) is 0 Å². The van der Waals surface area contributed by atoms with Crippen molar-refractivity contribution in [2.45, 2.75) is 0 Å². The molecule has 110 valence electrons. The van der Waals surface area contributed by atoms with Gasteiger partial charge in [0.1, 0.15) is 15.7 Å². The van der Waals surface area contributed by atoms with Gasteiger partial charge in [0.05, 0.1) is 0 Å². The van der Waals surface area contributed by atoms with Crippen LogP contribution in [0.3, 0.4) is 0 Å². The highest BCUT2D eigenvalue weighted by Crippen LogP contribution is 2.03. The summed E-state index contributed by atoms with van der Waals surface area (Å²) in [5.74, 6) is 12.7. The monoisotopic (exact) mass is 302 g/mol. The Morgan fingerprint density at radius 3 is 0.833 bits per heavy atom. The van der Waals surface area contributed by atoms with E-state index in [4.69, 9.17) is 0 Å². The minimum absolute atomic E-state index is 0.997. The molecule has 0 spiro atoms. The lowest BCUT2D eigenvalue weighted by Gasteiger charge is -1.94. The smallest absolute Gasteiger partial charge is 0.0889 e. The molecule has 0 aromatic heterocycles. The molecule has 0 radical (unpaired) electrons. The van der Waals surface area contributed by atoms with Gasteiger partial charge in [0.15, 0.2) is 0 Å². The molecule has 3 aromatic rings. The van der Waals surface area contributed by atoms with Crippen LogP contribution in [0.2, 0.25) is 0 Å². The van der Waals surface area contributed by atoms with Crippen molar-refractivity contribution >= 4 is 26.6 Å². The Morgan fingerprint density at radius 1 is 0.375 bits per heavy atom. The van der Waals surface area contributed by atoms with Gasteiger partial charge in [-0.2, -0.15) is 0 Å². The van der Waals surface area contributed by atoms with Gasteiger partial charge in [0.2, 0.25) is 0 Å². The van der Waals surface area contributed by atoms with Crippen LogP contribution in [0.5, 0.6) is 0 Å². The maximum atomic E-state index is 3.19. The Labute approximate surface area is 145 Å². The largest absolute Gasteiger partial charge is 0.139 e. The Balaban J connectivity index is 1.72. The first kappa shape index (κ1) is 15.8. The van der Waals surface area contributed by atoms with Crippen LogP contribution < -0.4 is 10.9 Å². The van der Waals surface area contributed by atoms with Gasteiger partial charge in [-0.05, 0) is 48.5 Å². The fraction of sp³-hybridized carbons (Fsp3) is 0. The first-order chi connectivity index (χ1) is 11.7.